The Morgan fingerprint density at radius 2 is 1.94 bits per heavy atom. The number of ketones is 1. The zero-order chi connectivity index (χ0) is 25.7. The lowest BCUT2D eigenvalue weighted by atomic mass is 10.1. The Balaban J connectivity index is 1.49. The summed E-state index contributed by atoms with van der Waals surface area (Å²) in [7, 11) is 1.52. The molecule has 10 nitrogen and oxygen atoms in total. The average Bonchev–Trinajstić information content (AvgIpc) is 3.36. The molecule has 2 heterocycles. The minimum Gasteiger partial charge on any atom is -0.493 e. The van der Waals surface area contributed by atoms with E-state index in [1.807, 2.05) is 13.8 Å². The predicted molar refractivity (Wildman–Crippen MR) is 130 cm³/mol. The van der Waals surface area contributed by atoms with Gasteiger partial charge in [-0.2, -0.15) is 0 Å². The van der Waals surface area contributed by atoms with E-state index in [0.29, 0.717) is 41.0 Å². The molecular formula is C26H27N3O7. The van der Waals surface area contributed by atoms with Crippen molar-refractivity contribution in [2.24, 2.45) is 5.92 Å². The van der Waals surface area contributed by atoms with Crippen LogP contribution in [0.5, 0.6) is 17.2 Å². The molecule has 0 saturated carbocycles. The molecule has 188 valence electrons. The number of ether oxygens (including phenoxy) is 3. The lowest BCUT2D eigenvalue weighted by Crippen LogP contribution is -2.38. The number of anilines is 1. The highest BCUT2D eigenvalue weighted by Crippen LogP contribution is 2.34. The SMILES string of the molecule is COc1ccccc1OCC(=O)c1ccc2c(c1)N(Cc1nc(C(=O)NCC(C)C)co1)C(=O)CO2. The Kier molecular flexibility index (Phi) is 7.53. The zero-order valence-corrected chi connectivity index (χ0v) is 20.3. The van der Waals surface area contributed by atoms with Gasteiger partial charge >= 0.3 is 0 Å². The molecule has 1 aliphatic rings. The summed E-state index contributed by atoms with van der Waals surface area (Å²) in [5.41, 5.74) is 0.871. The maximum atomic E-state index is 12.9. The summed E-state index contributed by atoms with van der Waals surface area (Å²) < 4.78 is 21.9. The van der Waals surface area contributed by atoms with Crippen LogP contribution < -0.4 is 24.4 Å². The van der Waals surface area contributed by atoms with E-state index in [9.17, 15) is 14.4 Å². The van der Waals surface area contributed by atoms with Crippen LogP contribution in [0.25, 0.3) is 0 Å². The number of carbonyl (C=O) groups excluding carboxylic acids is 3. The maximum Gasteiger partial charge on any atom is 0.273 e. The fraction of sp³-hybridized carbons (Fsp3) is 0.308. The quantitative estimate of drug-likeness (QED) is 0.428. The fourth-order valence-corrected chi connectivity index (χ4v) is 3.52. The van der Waals surface area contributed by atoms with Gasteiger partial charge in [0.25, 0.3) is 11.8 Å². The first-order chi connectivity index (χ1) is 17.4. The summed E-state index contributed by atoms with van der Waals surface area (Å²) in [4.78, 5) is 43.4. The van der Waals surface area contributed by atoms with Crippen LogP contribution in [0.1, 0.15) is 40.6 Å². The molecule has 0 aliphatic carbocycles. The average molecular weight is 494 g/mol. The van der Waals surface area contributed by atoms with E-state index in [1.54, 1.807) is 42.5 Å². The molecule has 2 aromatic carbocycles. The van der Waals surface area contributed by atoms with Crippen molar-refractivity contribution in [2.45, 2.75) is 20.4 Å². The normalized spacial score (nSPS) is 12.7. The molecular weight excluding hydrogens is 466 g/mol. The van der Waals surface area contributed by atoms with Gasteiger partial charge < -0.3 is 23.9 Å². The van der Waals surface area contributed by atoms with E-state index in [4.69, 9.17) is 18.6 Å². The summed E-state index contributed by atoms with van der Waals surface area (Å²) in [6, 6.07) is 11.8. The number of para-hydroxylation sites is 2. The van der Waals surface area contributed by atoms with Crippen LogP contribution in [0.2, 0.25) is 0 Å². The van der Waals surface area contributed by atoms with Gasteiger partial charge in [0.05, 0.1) is 12.8 Å². The topological polar surface area (TPSA) is 120 Å². The molecule has 0 saturated heterocycles. The van der Waals surface area contributed by atoms with E-state index < -0.39 is 0 Å². The number of hydrogen-bond donors (Lipinski definition) is 1. The Morgan fingerprint density at radius 1 is 1.17 bits per heavy atom. The smallest absolute Gasteiger partial charge is 0.273 e. The van der Waals surface area contributed by atoms with Gasteiger partial charge in [-0.25, -0.2) is 4.98 Å². The van der Waals surface area contributed by atoms with Gasteiger partial charge in [0, 0.05) is 12.1 Å². The molecule has 3 aromatic rings. The summed E-state index contributed by atoms with van der Waals surface area (Å²) in [6.07, 6.45) is 1.26. The van der Waals surface area contributed by atoms with Crippen LogP contribution in [0.3, 0.4) is 0 Å². The minimum atomic E-state index is -0.352. The van der Waals surface area contributed by atoms with Gasteiger partial charge in [-0.05, 0) is 36.2 Å². The van der Waals surface area contributed by atoms with Crippen LogP contribution in [0.4, 0.5) is 5.69 Å². The Bertz CT molecular complexity index is 1270. The van der Waals surface area contributed by atoms with Crippen molar-refractivity contribution in [1.82, 2.24) is 10.3 Å². The van der Waals surface area contributed by atoms with Crippen molar-refractivity contribution in [1.29, 1.82) is 0 Å². The molecule has 0 fully saturated rings. The van der Waals surface area contributed by atoms with E-state index in [-0.39, 0.29) is 48.9 Å². The summed E-state index contributed by atoms with van der Waals surface area (Å²) in [5.74, 6) is 0.909. The lowest BCUT2D eigenvalue weighted by Gasteiger charge is -2.28. The third kappa shape index (κ3) is 5.65. The highest BCUT2D eigenvalue weighted by Gasteiger charge is 2.28. The molecule has 1 aliphatic heterocycles. The van der Waals surface area contributed by atoms with Gasteiger partial charge in [0.2, 0.25) is 5.89 Å². The summed E-state index contributed by atoms with van der Waals surface area (Å²) in [5, 5.41) is 2.77. The minimum absolute atomic E-state index is 0.0258. The third-order valence-corrected chi connectivity index (χ3v) is 5.40. The second kappa shape index (κ2) is 10.9. The molecule has 36 heavy (non-hydrogen) atoms. The fourth-order valence-electron chi connectivity index (χ4n) is 3.52. The first-order valence-corrected chi connectivity index (χ1v) is 11.4. The van der Waals surface area contributed by atoms with Gasteiger partial charge in [-0.15, -0.1) is 0 Å². The van der Waals surface area contributed by atoms with Gasteiger partial charge in [0.15, 0.2) is 36.2 Å². The molecule has 0 bridgehead atoms. The number of carbonyl (C=O) groups is 3. The van der Waals surface area contributed by atoms with Crippen molar-refractivity contribution >= 4 is 23.3 Å². The number of Topliss-reactive ketones (excluding diaryl/α,β-unsaturated/α-hetero) is 1. The monoisotopic (exact) mass is 493 g/mol. The molecule has 0 spiro atoms. The number of aromatic nitrogens is 1. The second-order valence-corrected chi connectivity index (χ2v) is 8.54. The summed E-state index contributed by atoms with van der Waals surface area (Å²) >= 11 is 0. The predicted octanol–water partition coefficient (Wildman–Crippen LogP) is 3.26. The van der Waals surface area contributed by atoms with Gasteiger partial charge in [-0.1, -0.05) is 26.0 Å². The van der Waals surface area contributed by atoms with Crippen molar-refractivity contribution in [3.63, 3.8) is 0 Å². The van der Waals surface area contributed by atoms with Crippen LogP contribution in [-0.2, 0) is 11.3 Å². The number of amides is 2. The molecule has 10 heteroatoms. The second-order valence-electron chi connectivity index (χ2n) is 8.54. The zero-order valence-electron chi connectivity index (χ0n) is 20.3. The number of benzene rings is 2. The van der Waals surface area contributed by atoms with Crippen LogP contribution in [0, 0.1) is 5.92 Å². The van der Waals surface area contributed by atoms with E-state index in [2.05, 4.69) is 10.3 Å². The lowest BCUT2D eigenvalue weighted by molar-refractivity contribution is -0.121. The molecule has 1 N–H and O–H groups in total. The van der Waals surface area contributed by atoms with Crippen molar-refractivity contribution in [3.8, 4) is 17.2 Å². The highest BCUT2D eigenvalue weighted by atomic mass is 16.5. The number of rotatable bonds is 10. The Hall–Kier alpha value is -4.34. The first kappa shape index (κ1) is 24.8. The molecule has 0 radical (unpaired) electrons. The standard InChI is InChI=1S/C26H27N3O7/c1-16(2)11-27-26(32)18-13-36-24(28-18)12-29-19-10-17(8-9-21(19)35-15-25(29)31)20(30)14-34-23-7-5-4-6-22(23)33-3/h4-10,13,16H,11-12,14-15H2,1-3H3,(H,27,32). The molecule has 1 aromatic heterocycles. The molecule has 2 amide bonds. The van der Waals surface area contributed by atoms with E-state index in [0.717, 1.165) is 0 Å². The number of fused-ring (bicyclic) bond motifs is 1. The van der Waals surface area contributed by atoms with Gasteiger partial charge in [-0.3, -0.25) is 19.3 Å². The van der Waals surface area contributed by atoms with Crippen molar-refractivity contribution in [2.75, 3.05) is 31.8 Å². The maximum absolute atomic E-state index is 12.9. The van der Waals surface area contributed by atoms with Crippen LogP contribution in [-0.4, -0.2) is 49.4 Å². The van der Waals surface area contributed by atoms with Crippen LogP contribution >= 0.6 is 0 Å². The number of nitrogens with zero attached hydrogens (tertiary/aromatic N) is 2. The molecule has 0 unspecified atom stereocenters. The molecule has 4 rings (SSSR count). The van der Waals surface area contributed by atoms with Crippen molar-refractivity contribution < 1.29 is 33.0 Å². The molecule has 0 atom stereocenters. The largest absolute Gasteiger partial charge is 0.493 e. The first-order valence-electron chi connectivity index (χ1n) is 11.4. The highest BCUT2D eigenvalue weighted by molar-refractivity contribution is 6.02. The number of methoxy groups -OCH3 is 1. The number of oxazole rings is 1. The van der Waals surface area contributed by atoms with Crippen LogP contribution in [0.15, 0.2) is 53.1 Å². The van der Waals surface area contributed by atoms with Crippen molar-refractivity contribution in [3.05, 3.63) is 65.9 Å². The number of hydrogen-bond acceptors (Lipinski definition) is 8. The van der Waals surface area contributed by atoms with E-state index in [1.165, 1.54) is 18.3 Å². The third-order valence-electron chi connectivity index (χ3n) is 5.40. The number of nitrogens with one attached hydrogen (secondary N) is 1. The summed E-state index contributed by atoms with van der Waals surface area (Å²) in [6.45, 7) is 4.07. The van der Waals surface area contributed by atoms with E-state index >= 15 is 0 Å². The Labute approximate surface area is 208 Å². The Morgan fingerprint density at radius 3 is 2.69 bits per heavy atom. The van der Waals surface area contributed by atoms with Gasteiger partial charge in [0.1, 0.15) is 18.6 Å².